The van der Waals surface area contributed by atoms with Crippen LogP contribution in [0.15, 0.2) is 0 Å². The molecule has 0 heterocycles. The normalized spacial score (nSPS) is 13.1. The molecular weight excluding hydrogens is 178 g/mol. The Morgan fingerprint density at radius 1 is 1.07 bits per heavy atom. The lowest BCUT2D eigenvalue weighted by atomic mass is 10.0. The zero-order valence-electron chi connectivity index (χ0n) is 9.76. The first-order valence-electron chi connectivity index (χ1n) is 5.17. The number of carbonyl (C=O) groups excluding carboxylic acids is 2. The van der Waals surface area contributed by atoms with Crippen molar-refractivity contribution in [1.29, 1.82) is 0 Å². The van der Waals surface area contributed by atoms with Gasteiger partial charge < -0.3 is 5.32 Å². The van der Waals surface area contributed by atoms with Gasteiger partial charge in [0.05, 0.1) is 6.04 Å². The first kappa shape index (κ1) is 13.1. The highest BCUT2D eigenvalue weighted by molar-refractivity contribution is 5.89. The van der Waals surface area contributed by atoms with Crippen molar-refractivity contribution >= 4 is 11.7 Å². The van der Waals surface area contributed by atoms with Crippen LogP contribution in [0.4, 0.5) is 0 Å². The minimum atomic E-state index is -0.354. The summed E-state index contributed by atoms with van der Waals surface area (Å²) in [6, 6.07) is -0.354. The van der Waals surface area contributed by atoms with Crippen LogP contribution < -0.4 is 5.32 Å². The second-order valence-corrected chi connectivity index (χ2v) is 4.45. The van der Waals surface area contributed by atoms with E-state index in [1.807, 2.05) is 27.7 Å². The largest absolute Gasteiger partial charge is 0.346 e. The van der Waals surface area contributed by atoms with Gasteiger partial charge in [-0.2, -0.15) is 0 Å². The van der Waals surface area contributed by atoms with E-state index in [1.54, 1.807) is 6.92 Å². The second kappa shape index (κ2) is 5.78. The molecule has 1 atom stereocenters. The van der Waals surface area contributed by atoms with Gasteiger partial charge in [-0.1, -0.05) is 27.7 Å². The maximum Gasteiger partial charge on any atom is 0.223 e. The van der Waals surface area contributed by atoms with E-state index in [4.69, 9.17) is 0 Å². The molecule has 0 aromatic carbocycles. The van der Waals surface area contributed by atoms with E-state index in [0.717, 1.165) is 0 Å². The lowest BCUT2D eigenvalue weighted by molar-refractivity contribution is -0.129. The fraction of sp³-hybridized carbons (Fsp3) is 0.818. The third-order valence-corrected chi connectivity index (χ3v) is 1.98. The van der Waals surface area contributed by atoms with Crippen molar-refractivity contribution in [2.75, 3.05) is 0 Å². The number of carbonyl (C=O) groups is 2. The van der Waals surface area contributed by atoms with Gasteiger partial charge in [0, 0.05) is 12.3 Å². The van der Waals surface area contributed by atoms with Crippen LogP contribution in [-0.2, 0) is 9.59 Å². The van der Waals surface area contributed by atoms with Crippen LogP contribution in [0, 0.1) is 11.8 Å². The van der Waals surface area contributed by atoms with Crippen LogP contribution >= 0.6 is 0 Å². The number of hydrogen-bond acceptors (Lipinski definition) is 2. The smallest absolute Gasteiger partial charge is 0.223 e. The predicted octanol–water partition coefficient (Wildman–Crippen LogP) is 1.76. The standard InChI is InChI=1S/C11H21NO2/c1-7(2)6-10(13)9(5)12-11(14)8(3)4/h7-9H,6H2,1-5H3,(H,12,14)/t9-/m1/s1. The zero-order valence-corrected chi connectivity index (χ0v) is 9.76. The highest BCUT2D eigenvalue weighted by Crippen LogP contribution is 2.03. The summed E-state index contributed by atoms with van der Waals surface area (Å²) in [5.41, 5.74) is 0. The quantitative estimate of drug-likeness (QED) is 0.733. The highest BCUT2D eigenvalue weighted by Gasteiger charge is 2.17. The molecule has 0 aliphatic carbocycles. The monoisotopic (exact) mass is 199 g/mol. The molecule has 0 unspecified atom stereocenters. The Bertz CT molecular complexity index is 209. The molecule has 82 valence electrons. The number of nitrogens with one attached hydrogen (secondary N) is 1. The van der Waals surface area contributed by atoms with Crippen molar-refractivity contribution in [3.63, 3.8) is 0 Å². The van der Waals surface area contributed by atoms with E-state index in [1.165, 1.54) is 0 Å². The molecule has 0 fully saturated rings. The van der Waals surface area contributed by atoms with E-state index in [0.29, 0.717) is 12.3 Å². The molecule has 0 aromatic rings. The fourth-order valence-electron chi connectivity index (χ4n) is 1.04. The van der Waals surface area contributed by atoms with Crippen LogP contribution in [0.25, 0.3) is 0 Å². The second-order valence-electron chi connectivity index (χ2n) is 4.45. The summed E-state index contributed by atoms with van der Waals surface area (Å²) in [6.45, 7) is 9.36. The summed E-state index contributed by atoms with van der Waals surface area (Å²) < 4.78 is 0. The van der Waals surface area contributed by atoms with Crippen molar-refractivity contribution in [2.45, 2.75) is 47.1 Å². The lowest BCUT2D eigenvalue weighted by Gasteiger charge is -2.15. The summed E-state index contributed by atoms with van der Waals surface area (Å²) in [7, 11) is 0. The average Bonchev–Trinajstić information content (AvgIpc) is 2.02. The number of hydrogen-bond donors (Lipinski definition) is 1. The maximum atomic E-state index is 11.5. The van der Waals surface area contributed by atoms with Gasteiger partial charge in [-0.15, -0.1) is 0 Å². The predicted molar refractivity (Wildman–Crippen MR) is 56.9 cm³/mol. The van der Waals surface area contributed by atoms with Crippen molar-refractivity contribution < 1.29 is 9.59 Å². The molecule has 0 bridgehead atoms. The summed E-state index contributed by atoms with van der Waals surface area (Å²) in [4.78, 5) is 22.8. The van der Waals surface area contributed by atoms with Gasteiger partial charge in [0.15, 0.2) is 5.78 Å². The average molecular weight is 199 g/mol. The summed E-state index contributed by atoms with van der Waals surface area (Å²) in [5, 5.41) is 2.70. The molecule has 0 spiro atoms. The minimum absolute atomic E-state index is 0.0605. The van der Waals surface area contributed by atoms with Gasteiger partial charge in [0.25, 0.3) is 0 Å². The zero-order chi connectivity index (χ0) is 11.3. The van der Waals surface area contributed by atoms with E-state index in [9.17, 15) is 9.59 Å². The van der Waals surface area contributed by atoms with Gasteiger partial charge in [0.2, 0.25) is 5.91 Å². The van der Waals surface area contributed by atoms with Crippen molar-refractivity contribution in [3.05, 3.63) is 0 Å². The molecule has 0 aliphatic rings. The van der Waals surface area contributed by atoms with Crippen LogP contribution in [0.3, 0.4) is 0 Å². The van der Waals surface area contributed by atoms with Gasteiger partial charge in [-0.25, -0.2) is 0 Å². The highest BCUT2D eigenvalue weighted by atomic mass is 16.2. The summed E-state index contributed by atoms with van der Waals surface area (Å²) in [6.07, 6.45) is 0.527. The third kappa shape index (κ3) is 5.00. The molecule has 14 heavy (non-hydrogen) atoms. The van der Waals surface area contributed by atoms with Crippen LogP contribution in [-0.4, -0.2) is 17.7 Å². The molecule has 3 nitrogen and oxygen atoms in total. The maximum absolute atomic E-state index is 11.5. The molecule has 0 saturated heterocycles. The Morgan fingerprint density at radius 2 is 1.57 bits per heavy atom. The molecule has 0 aliphatic heterocycles. The fourth-order valence-corrected chi connectivity index (χ4v) is 1.04. The Morgan fingerprint density at radius 3 is 1.93 bits per heavy atom. The molecule has 0 aromatic heterocycles. The molecule has 3 heteroatoms. The summed E-state index contributed by atoms with van der Waals surface area (Å²) in [5.74, 6) is 0.328. The Balaban J connectivity index is 4.01. The van der Waals surface area contributed by atoms with Crippen molar-refractivity contribution in [3.8, 4) is 0 Å². The molecule has 1 N–H and O–H groups in total. The van der Waals surface area contributed by atoms with Crippen molar-refractivity contribution in [2.24, 2.45) is 11.8 Å². The molecule has 0 rings (SSSR count). The minimum Gasteiger partial charge on any atom is -0.346 e. The van der Waals surface area contributed by atoms with Crippen LogP contribution in [0.5, 0.6) is 0 Å². The Hall–Kier alpha value is -0.860. The van der Waals surface area contributed by atoms with Gasteiger partial charge >= 0.3 is 0 Å². The SMILES string of the molecule is CC(C)CC(=O)[C@@H](C)NC(=O)C(C)C. The molecular formula is C11H21NO2. The van der Waals surface area contributed by atoms with Gasteiger partial charge in [-0.3, -0.25) is 9.59 Å². The molecule has 1 amide bonds. The first-order valence-corrected chi connectivity index (χ1v) is 5.17. The van der Waals surface area contributed by atoms with Crippen molar-refractivity contribution in [1.82, 2.24) is 5.32 Å². The summed E-state index contributed by atoms with van der Waals surface area (Å²) >= 11 is 0. The van der Waals surface area contributed by atoms with Gasteiger partial charge in [0.1, 0.15) is 0 Å². The van der Waals surface area contributed by atoms with Gasteiger partial charge in [-0.05, 0) is 12.8 Å². The Kier molecular flexibility index (Phi) is 5.43. The number of ketones is 1. The van der Waals surface area contributed by atoms with E-state index in [-0.39, 0.29) is 23.7 Å². The Labute approximate surface area is 86.3 Å². The molecule has 0 radical (unpaired) electrons. The molecule has 0 saturated carbocycles. The van der Waals surface area contributed by atoms with E-state index in [2.05, 4.69) is 5.32 Å². The number of rotatable bonds is 5. The number of Topliss-reactive ketones (excluding diaryl/α,β-unsaturated/α-hetero) is 1. The van der Waals surface area contributed by atoms with Crippen LogP contribution in [0.2, 0.25) is 0 Å². The number of amides is 1. The van der Waals surface area contributed by atoms with E-state index < -0.39 is 0 Å². The van der Waals surface area contributed by atoms with E-state index >= 15 is 0 Å². The third-order valence-electron chi connectivity index (χ3n) is 1.98. The first-order chi connectivity index (χ1) is 6.34. The topological polar surface area (TPSA) is 46.2 Å². The lowest BCUT2D eigenvalue weighted by Crippen LogP contribution is -2.40. The van der Waals surface area contributed by atoms with Crippen LogP contribution in [0.1, 0.15) is 41.0 Å².